The first kappa shape index (κ1) is 9.88. The molecular formula is C8H9NO3S. The van der Waals surface area contributed by atoms with Crippen LogP contribution in [0.25, 0.3) is 0 Å². The Morgan fingerprint density at radius 2 is 1.92 bits per heavy atom. The zero-order chi connectivity index (χ0) is 9.84. The van der Waals surface area contributed by atoms with Crippen molar-refractivity contribution in [3.8, 4) is 0 Å². The zero-order valence-corrected chi connectivity index (χ0v) is 7.58. The van der Waals surface area contributed by atoms with Crippen LogP contribution in [0.3, 0.4) is 0 Å². The molecule has 1 unspecified atom stereocenters. The molecule has 1 atom stereocenters. The minimum atomic E-state index is -2.08. The molecule has 1 aromatic carbocycles. The van der Waals surface area contributed by atoms with Crippen LogP contribution in [-0.2, 0) is 11.1 Å². The van der Waals surface area contributed by atoms with Crippen LogP contribution in [-0.4, -0.2) is 20.3 Å². The zero-order valence-electron chi connectivity index (χ0n) is 6.77. The fourth-order valence-corrected chi connectivity index (χ4v) is 1.26. The summed E-state index contributed by atoms with van der Waals surface area (Å²) >= 11 is -2.08. The Hall–Kier alpha value is -1.20. The van der Waals surface area contributed by atoms with E-state index in [1.165, 1.54) is 12.1 Å². The number of ketones is 1. The highest BCUT2D eigenvalue weighted by Gasteiger charge is 2.07. The van der Waals surface area contributed by atoms with E-state index in [1.807, 2.05) is 0 Å². The molecule has 3 N–H and O–H groups in total. The molecule has 0 aliphatic carbocycles. The van der Waals surface area contributed by atoms with Crippen molar-refractivity contribution in [2.75, 3.05) is 11.5 Å². The van der Waals surface area contributed by atoms with Crippen LogP contribution in [0.2, 0.25) is 0 Å². The number of anilines is 1. The van der Waals surface area contributed by atoms with Gasteiger partial charge in [-0.05, 0) is 24.3 Å². The molecule has 0 radical (unpaired) electrons. The van der Waals surface area contributed by atoms with Crippen molar-refractivity contribution in [1.29, 1.82) is 0 Å². The van der Waals surface area contributed by atoms with Crippen LogP contribution >= 0.6 is 0 Å². The lowest BCUT2D eigenvalue weighted by Crippen LogP contribution is -2.09. The normalized spacial score (nSPS) is 12.4. The van der Waals surface area contributed by atoms with Gasteiger partial charge in [-0.15, -0.1) is 0 Å². The third-order valence-corrected chi connectivity index (χ3v) is 2.00. The molecule has 0 fully saturated rings. The second-order valence-electron chi connectivity index (χ2n) is 2.51. The van der Waals surface area contributed by atoms with Crippen LogP contribution in [0.4, 0.5) is 5.69 Å². The van der Waals surface area contributed by atoms with Crippen molar-refractivity contribution in [1.82, 2.24) is 0 Å². The Morgan fingerprint density at radius 1 is 1.38 bits per heavy atom. The summed E-state index contributed by atoms with van der Waals surface area (Å²) in [5.41, 5.74) is 6.36. The third-order valence-electron chi connectivity index (χ3n) is 1.49. The van der Waals surface area contributed by atoms with Gasteiger partial charge in [0.1, 0.15) is 5.75 Å². The summed E-state index contributed by atoms with van der Waals surface area (Å²) in [7, 11) is 0. The standard InChI is InChI=1S/C8H9NO3S/c9-7-3-1-6(2-4-7)8(10)5-13(11)12/h1-4H,5,9H2,(H,11,12). The smallest absolute Gasteiger partial charge is 0.177 e. The lowest BCUT2D eigenvalue weighted by atomic mass is 10.1. The Labute approximate surface area is 78.0 Å². The van der Waals surface area contributed by atoms with Crippen molar-refractivity contribution in [3.05, 3.63) is 29.8 Å². The minimum absolute atomic E-state index is 0.360. The van der Waals surface area contributed by atoms with E-state index < -0.39 is 11.1 Å². The number of nitrogen functional groups attached to an aromatic ring is 1. The second-order valence-corrected chi connectivity index (χ2v) is 3.44. The Kier molecular flexibility index (Phi) is 3.16. The molecule has 1 rings (SSSR count). The molecule has 4 nitrogen and oxygen atoms in total. The van der Waals surface area contributed by atoms with E-state index >= 15 is 0 Å². The van der Waals surface area contributed by atoms with E-state index in [9.17, 15) is 9.00 Å². The van der Waals surface area contributed by atoms with Gasteiger partial charge in [0.15, 0.2) is 16.9 Å². The van der Waals surface area contributed by atoms with Crippen molar-refractivity contribution in [2.24, 2.45) is 0 Å². The predicted octanol–water partition coefficient (Wildman–Crippen LogP) is 0.673. The SMILES string of the molecule is Nc1ccc(C(=O)CS(=O)O)cc1. The van der Waals surface area contributed by atoms with Gasteiger partial charge in [-0.1, -0.05) is 0 Å². The predicted molar refractivity (Wildman–Crippen MR) is 50.8 cm³/mol. The van der Waals surface area contributed by atoms with Gasteiger partial charge in [-0.25, -0.2) is 4.21 Å². The summed E-state index contributed by atoms with van der Waals surface area (Å²) < 4.78 is 18.8. The highest BCUT2D eigenvalue weighted by molar-refractivity contribution is 7.80. The summed E-state index contributed by atoms with van der Waals surface area (Å²) in [6, 6.07) is 6.22. The molecule has 0 heterocycles. The van der Waals surface area contributed by atoms with Crippen molar-refractivity contribution >= 4 is 22.6 Å². The van der Waals surface area contributed by atoms with Gasteiger partial charge in [0.05, 0.1) is 0 Å². The average Bonchev–Trinajstić information content (AvgIpc) is 2.04. The lowest BCUT2D eigenvalue weighted by molar-refractivity contribution is 0.102. The van der Waals surface area contributed by atoms with Gasteiger partial charge in [0, 0.05) is 11.3 Å². The van der Waals surface area contributed by atoms with Gasteiger partial charge < -0.3 is 10.3 Å². The van der Waals surface area contributed by atoms with Crippen molar-refractivity contribution in [3.63, 3.8) is 0 Å². The molecule has 0 aliphatic heterocycles. The number of hydrogen-bond donors (Lipinski definition) is 2. The molecule has 13 heavy (non-hydrogen) atoms. The number of hydrogen-bond acceptors (Lipinski definition) is 3. The third kappa shape index (κ3) is 2.96. The molecule has 0 saturated carbocycles. The molecule has 5 heteroatoms. The highest BCUT2D eigenvalue weighted by atomic mass is 32.2. The molecule has 0 amide bonds. The van der Waals surface area contributed by atoms with E-state index in [1.54, 1.807) is 12.1 Å². The number of benzene rings is 1. The van der Waals surface area contributed by atoms with Crippen LogP contribution in [0.1, 0.15) is 10.4 Å². The van der Waals surface area contributed by atoms with Gasteiger partial charge in [-0.3, -0.25) is 4.79 Å². The summed E-state index contributed by atoms with van der Waals surface area (Å²) in [4.78, 5) is 11.2. The van der Waals surface area contributed by atoms with Crippen molar-refractivity contribution < 1.29 is 13.6 Å². The number of rotatable bonds is 3. The largest absolute Gasteiger partial charge is 0.399 e. The minimum Gasteiger partial charge on any atom is -0.399 e. The first-order valence-corrected chi connectivity index (χ1v) is 4.83. The molecule has 0 aliphatic rings. The fourth-order valence-electron chi connectivity index (χ4n) is 0.864. The first-order chi connectivity index (χ1) is 6.09. The number of carbonyl (C=O) groups is 1. The summed E-state index contributed by atoms with van der Waals surface area (Å²) in [6.45, 7) is 0. The summed E-state index contributed by atoms with van der Waals surface area (Å²) in [5.74, 6) is -0.731. The molecule has 0 spiro atoms. The van der Waals surface area contributed by atoms with E-state index in [0.717, 1.165) is 0 Å². The highest BCUT2D eigenvalue weighted by Crippen LogP contribution is 2.06. The monoisotopic (exact) mass is 199 g/mol. The maximum absolute atomic E-state index is 11.2. The van der Waals surface area contributed by atoms with Crippen molar-refractivity contribution in [2.45, 2.75) is 0 Å². The Bertz CT molecular complexity index is 334. The van der Waals surface area contributed by atoms with E-state index in [4.69, 9.17) is 10.3 Å². The molecule has 0 aromatic heterocycles. The molecule has 1 aromatic rings. The number of nitrogens with two attached hydrogens (primary N) is 1. The first-order valence-electron chi connectivity index (χ1n) is 3.56. The van der Waals surface area contributed by atoms with Crippen LogP contribution in [0.15, 0.2) is 24.3 Å². The summed E-state index contributed by atoms with van der Waals surface area (Å²) in [5, 5.41) is 0. The van der Waals surface area contributed by atoms with Gasteiger partial charge in [0.2, 0.25) is 0 Å². The van der Waals surface area contributed by atoms with Gasteiger partial charge >= 0.3 is 0 Å². The maximum Gasteiger partial charge on any atom is 0.177 e. The lowest BCUT2D eigenvalue weighted by Gasteiger charge is -1.98. The average molecular weight is 199 g/mol. The molecule has 0 saturated heterocycles. The van der Waals surface area contributed by atoms with Gasteiger partial charge in [-0.2, -0.15) is 0 Å². The Balaban J connectivity index is 2.78. The number of Topliss-reactive ketones (excluding diaryl/α,β-unsaturated/α-hetero) is 1. The maximum atomic E-state index is 11.2. The van der Waals surface area contributed by atoms with Crippen LogP contribution in [0, 0.1) is 0 Å². The fraction of sp³-hybridized carbons (Fsp3) is 0.125. The Morgan fingerprint density at radius 3 is 2.38 bits per heavy atom. The molecule has 70 valence electrons. The molecular weight excluding hydrogens is 190 g/mol. The quantitative estimate of drug-likeness (QED) is 0.426. The molecule has 0 bridgehead atoms. The van der Waals surface area contributed by atoms with Crippen LogP contribution < -0.4 is 5.73 Å². The number of carbonyl (C=O) groups excluding carboxylic acids is 1. The summed E-state index contributed by atoms with van der Waals surface area (Å²) in [6.07, 6.45) is 0. The van der Waals surface area contributed by atoms with Crippen LogP contribution in [0.5, 0.6) is 0 Å². The van der Waals surface area contributed by atoms with Gasteiger partial charge in [0.25, 0.3) is 0 Å². The van der Waals surface area contributed by atoms with E-state index in [2.05, 4.69) is 0 Å². The topological polar surface area (TPSA) is 80.4 Å². The van der Waals surface area contributed by atoms with E-state index in [-0.39, 0.29) is 11.5 Å². The second kappa shape index (κ2) is 4.15. The van der Waals surface area contributed by atoms with E-state index in [0.29, 0.717) is 11.3 Å².